The fraction of sp³-hybridized carbons (Fsp3) is 0.316. The highest BCUT2D eigenvalue weighted by atomic mass is 32.1. The van der Waals surface area contributed by atoms with Crippen LogP contribution in [0.5, 0.6) is 0 Å². The molecule has 1 fully saturated rings. The first kappa shape index (κ1) is 16.0. The normalized spacial score (nSPS) is 15.4. The summed E-state index contributed by atoms with van der Waals surface area (Å²) in [7, 11) is 0. The molecule has 0 unspecified atom stereocenters. The summed E-state index contributed by atoms with van der Waals surface area (Å²) in [5.74, 6) is 0.660. The van der Waals surface area contributed by atoms with Crippen molar-refractivity contribution in [3.8, 4) is 10.6 Å². The highest BCUT2D eigenvalue weighted by Crippen LogP contribution is 2.25. The van der Waals surface area contributed by atoms with Gasteiger partial charge in [-0.3, -0.25) is 4.79 Å². The SMILES string of the molecule is O=C(c1csc(-c2ccccc2)n1)N1CCC(Cn2ccnc2)CC1. The molecule has 1 saturated heterocycles. The minimum Gasteiger partial charge on any atom is -0.337 e. The Morgan fingerprint density at radius 3 is 2.72 bits per heavy atom. The number of hydrogen-bond donors (Lipinski definition) is 0. The smallest absolute Gasteiger partial charge is 0.273 e. The molecule has 3 aromatic rings. The van der Waals surface area contributed by atoms with Crippen LogP contribution in [0.25, 0.3) is 10.6 Å². The number of rotatable bonds is 4. The lowest BCUT2D eigenvalue weighted by Gasteiger charge is -2.31. The van der Waals surface area contributed by atoms with E-state index >= 15 is 0 Å². The molecule has 25 heavy (non-hydrogen) atoms. The Kier molecular flexibility index (Phi) is 4.61. The third-order valence-electron chi connectivity index (χ3n) is 4.67. The zero-order chi connectivity index (χ0) is 17.1. The van der Waals surface area contributed by atoms with Crippen molar-refractivity contribution in [1.29, 1.82) is 0 Å². The van der Waals surface area contributed by atoms with E-state index in [1.165, 1.54) is 11.3 Å². The first-order chi connectivity index (χ1) is 12.3. The van der Waals surface area contributed by atoms with Gasteiger partial charge in [0, 0.05) is 43.0 Å². The van der Waals surface area contributed by atoms with Gasteiger partial charge in [0.2, 0.25) is 0 Å². The topological polar surface area (TPSA) is 51.0 Å². The minimum atomic E-state index is 0.0551. The number of hydrogen-bond acceptors (Lipinski definition) is 4. The van der Waals surface area contributed by atoms with Crippen molar-refractivity contribution in [2.24, 2.45) is 5.92 Å². The molecule has 2 aromatic heterocycles. The molecule has 6 heteroatoms. The van der Waals surface area contributed by atoms with Gasteiger partial charge in [-0.15, -0.1) is 11.3 Å². The maximum absolute atomic E-state index is 12.7. The summed E-state index contributed by atoms with van der Waals surface area (Å²) in [6.07, 6.45) is 7.72. The minimum absolute atomic E-state index is 0.0551. The molecule has 0 bridgehead atoms. The predicted octanol–water partition coefficient (Wildman–Crippen LogP) is 3.56. The second kappa shape index (κ2) is 7.19. The monoisotopic (exact) mass is 352 g/mol. The van der Waals surface area contributed by atoms with E-state index in [-0.39, 0.29) is 5.91 Å². The quantitative estimate of drug-likeness (QED) is 0.721. The molecule has 1 aliphatic heterocycles. The van der Waals surface area contributed by atoms with Gasteiger partial charge in [-0.05, 0) is 18.8 Å². The number of carbonyl (C=O) groups excluding carboxylic acids is 1. The van der Waals surface area contributed by atoms with E-state index in [0.29, 0.717) is 11.6 Å². The molecule has 0 atom stereocenters. The fourth-order valence-corrected chi connectivity index (χ4v) is 4.06. The molecule has 0 spiro atoms. The number of carbonyl (C=O) groups is 1. The highest BCUT2D eigenvalue weighted by molar-refractivity contribution is 7.13. The Labute approximate surface area is 151 Å². The Balaban J connectivity index is 1.37. The third-order valence-corrected chi connectivity index (χ3v) is 5.57. The lowest BCUT2D eigenvalue weighted by Crippen LogP contribution is -2.39. The van der Waals surface area contributed by atoms with Crippen LogP contribution in [0.15, 0.2) is 54.4 Å². The molecule has 0 radical (unpaired) electrons. The van der Waals surface area contributed by atoms with Gasteiger partial charge in [0.15, 0.2) is 0 Å². The van der Waals surface area contributed by atoms with Crippen LogP contribution in [-0.2, 0) is 6.54 Å². The van der Waals surface area contributed by atoms with Gasteiger partial charge in [0.05, 0.1) is 6.33 Å². The number of aromatic nitrogens is 3. The van der Waals surface area contributed by atoms with Crippen LogP contribution in [-0.4, -0.2) is 38.4 Å². The van der Waals surface area contributed by atoms with Crippen LogP contribution in [0.2, 0.25) is 0 Å². The maximum atomic E-state index is 12.7. The molecule has 128 valence electrons. The molecule has 4 rings (SSSR count). The number of likely N-dealkylation sites (tertiary alicyclic amines) is 1. The van der Waals surface area contributed by atoms with Gasteiger partial charge < -0.3 is 9.47 Å². The average molecular weight is 352 g/mol. The van der Waals surface area contributed by atoms with Gasteiger partial charge >= 0.3 is 0 Å². The number of thiazole rings is 1. The molecule has 1 amide bonds. The van der Waals surface area contributed by atoms with E-state index in [9.17, 15) is 4.79 Å². The Morgan fingerprint density at radius 2 is 2.00 bits per heavy atom. The van der Waals surface area contributed by atoms with Crippen molar-refractivity contribution in [1.82, 2.24) is 19.4 Å². The number of piperidine rings is 1. The largest absolute Gasteiger partial charge is 0.337 e. The van der Waals surface area contributed by atoms with E-state index in [1.807, 2.05) is 59.3 Å². The number of amides is 1. The third kappa shape index (κ3) is 3.64. The molecule has 0 N–H and O–H groups in total. The average Bonchev–Trinajstić information content (AvgIpc) is 3.34. The standard InChI is InChI=1S/C19H20N4OS/c24-19(17-13-25-18(21-17)16-4-2-1-3-5-16)23-9-6-15(7-10-23)12-22-11-8-20-14-22/h1-5,8,11,13-15H,6-7,9-10,12H2. The van der Waals surface area contributed by atoms with Gasteiger partial charge in [-0.25, -0.2) is 9.97 Å². The van der Waals surface area contributed by atoms with E-state index < -0.39 is 0 Å². The second-order valence-corrected chi connectivity index (χ2v) is 7.26. The van der Waals surface area contributed by atoms with Crippen LogP contribution < -0.4 is 0 Å². The Morgan fingerprint density at radius 1 is 1.20 bits per heavy atom. The van der Waals surface area contributed by atoms with Gasteiger partial charge in [0.1, 0.15) is 10.7 Å². The summed E-state index contributed by atoms with van der Waals surface area (Å²) in [6.45, 7) is 2.59. The van der Waals surface area contributed by atoms with Crippen LogP contribution in [0.3, 0.4) is 0 Å². The van der Waals surface area contributed by atoms with E-state index in [1.54, 1.807) is 0 Å². The summed E-state index contributed by atoms with van der Waals surface area (Å²) in [5.41, 5.74) is 1.63. The van der Waals surface area contributed by atoms with Crippen molar-refractivity contribution in [3.05, 3.63) is 60.1 Å². The molecule has 3 heterocycles. The molecular formula is C19H20N4OS. The summed E-state index contributed by atoms with van der Waals surface area (Å²) in [6, 6.07) is 10.0. The second-order valence-electron chi connectivity index (χ2n) is 6.40. The number of imidazole rings is 1. The summed E-state index contributed by atoms with van der Waals surface area (Å²) >= 11 is 1.53. The zero-order valence-electron chi connectivity index (χ0n) is 13.9. The van der Waals surface area contributed by atoms with E-state index in [0.717, 1.165) is 43.0 Å². The van der Waals surface area contributed by atoms with Gasteiger partial charge in [-0.1, -0.05) is 30.3 Å². The van der Waals surface area contributed by atoms with Crippen LogP contribution in [0.4, 0.5) is 0 Å². The van der Waals surface area contributed by atoms with Crippen molar-refractivity contribution < 1.29 is 4.79 Å². The molecule has 0 saturated carbocycles. The first-order valence-corrected chi connectivity index (χ1v) is 9.43. The lowest BCUT2D eigenvalue weighted by atomic mass is 9.96. The molecule has 1 aromatic carbocycles. The molecule has 0 aliphatic carbocycles. The van der Waals surface area contributed by atoms with Crippen molar-refractivity contribution >= 4 is 17.2 Å². The van der Waals surface area contributed by atoms with Crippen molar-refractivity contribution in [3.63, 3.8) is 0 Å². The lowest BCUT2D eigenvalue weighted by molar-refractivity contribution is 0.0678. The van der Waals surface area contributed by atoms with Crippen LogP contribution >= 0.6 is 11.3 Å². The summed E-state index contributed by atoms with van der Waals surface area (Å²) in [5, 5.41) is 2.78. The van der Waals surface area contributed by atoms with Crippen LogP contribution in [0.1, 0.15) is 23.3 Å². The van der Waals surface area contributed by atoms with Crippen molar-refractivity contribution in [2.75, 3.05) is 13.1 Å². The van der Waals surface area contributed by atoms with Gasteiger partial charge in [0.25, 0.3) is 5.91 Å². The fourth-order valence-electron chi connectivity index (χ4n) is 3.26. The maximum Gasteiger partial charge on any atom is 0.273 e. The Hall–Kier alpha value is -2.47. The highest BCUT2D eigenvalue weighted by Gasteiger charge is 2.25. The number of nitrogens with zero attached hydrogens (tertiary/aromatic N) is 4. The molecule has 1 aliphatic rings. The number of benzene rings is 1. The summed E-state index contributed by atoms with van der Waals surface area (Å²) in [4.78, 5) is 23.3. The predicted molar refractivity (Wildman–Crippen MR) is 98.4 cm³/mol. The Bertz CT molecular complexity index is 820. The van der Waals surface area contributed by atoms with E-state index in [2.05, 4.69) is 14.5 Å². The van der Waals surface area contributed by atoms with E-state index in [4.69, 9.17) is 0 Å². The van der Waals surface area contributed by atoms with Crippen LogP contribution in [0, 0.1) is 5.92 Å². The summed E-state index contributed by atoms with van der Waals surface area (Å²) < 4.78 is 2.12. The zero-order valence-corrected chi connectivity index (χ0v) is 14.7. The first-order valence-electron chi connectivity index (χ1n) is 8.55. The molecular weight excluding hydrogens is 332 g/mol. The molecule has 5 nitrogen and oxygen atoms in total. The van der Waals surface area contributed by atoms with Gasteiger partial charge in [-0.2, -0.15) is 0 Å². The van der Waals surface area contributed by atoms with Crippen molar-refractivity contribution in [2.45, 2.75) is 19.4 Å².